The maximum atomic E-state index is 13.2. The van der Waals surface area contributed by atoms with Crippen molar-refractivity contribution in [3.05, 3.63) is 47.4 Å². The Hall–Kier alpha value is -3.29. The van der Waals surface area contributed by atoms with Gasteiger partial charge in [0.2, 0.25) is 0 Å². The molecule has 0 N–H and O–H groups in total. The molecule has 3 aromatic rings. The van der Waals surface area contributed by atoms with E-state index in [1.54, 1.807) is 32.0 Å². The Morgan fingerprint density at radius 3 is 2.56 bits per heavy atom. The van der Waals surface area contributed by atoms with E-state index >= 15 is 0 Å². The second kappa shape index (κ2) is 7.53. The summed E-state index contributed by atoms with van der Waals surface area (Å²) in [7, 11) is 1.28. The van der Waals surface area contributed by atoms with Crippen LogP contribution in [-0.2, 0) is 20.8 Å². The van der Waals surface area contributed by atoms with Crippen LogP contribution >= 0.6 is 0 Å². The van der Waals surface area contributed by atoms with Gasteiger partial charge >= 0.3 is 11.9 Å². The maximum absolute atomic E-state index is 13.2. The Morgan fingerprint density at radius 1 is 1.22 bits per heavy atom. The number of methoxy groups -OCH3 is 1. The minimum absolute atomic E-state index is 0.140. The number of hydrogen-bond acceptors (Lipinski definition) is 6. The number of carbonyl (C=O) groups is 2. The highest BCUT2D eigenvalue weighted by Gasteiger charge is 2.21. The topological polar surface area (TPSA) is 83.3 Å². The van der Waals surface area contributed by atoms with Crippen LogP contribution in [0.5, 0.6) is 0 Å². The molecule has 0 bridgehead atoms. The van der Waals surface area contributed by atoms with Crippen LogP contribution in [-0.4, -0.2) is 40.4 Å². The number of carbonyl (C=O) groups excluding carboxylic acids is 2. The van der Waals surface area contributed by atoms with Crippen molar-refractivity contribution in [3.63, 3.8) is 0 Å². The smallest absolute Gasteiger partial charge is 0.338 e. The van der Waals surface area contributed by atoms with E-state index in [9.17, 15) is 14.0 Å². The van der Waals surface area contributed by atoms with E-state index in [1.807, 2.05) is 0 Å². The van der Waals surface area contributed by atoms with Gasteiger partial charge in [0.05, 0.1) is 36.1 Å². The molecule has 0 amide bonds. The lowest BCUT2D eigenvalue weighted by Crippen LogP contribution is -2.15. The molecule has 0 unspecified atom stereocenters. The van der Waals surface area contributed by atoms with E-state index in [2.05, 4.69) is 10.1 Å². The van der Waals surface area contributed by atoms with E-state index in [1.165, 1.54) is 23.9 Å². The molecule has 2 aromatic heterocycles. The van der Waals surface area contributed by atoms with Gasteiger partial charge in [-0.1, -0.05) is 0 Å². The molecule has 0 radical (unpaired) electrons. The first kappa shape index (κ1) is 18.5. The summed E-state index contributed by atoms with van der Waals surface area (Å²) in [4.78, 5) is 28.8. The third kappa shape index (κ3) is 3.64. The van der Waals surface area contributed by atoms with Gasteiger partial charge < -0.3 is 9.47 Å². The van der Waals surface area contributed by atoms with E-state index < -0.39 is 11.9 Å². The van der Waals surface area contributed by atoms with Crippen molar-refractivity contribution in [2.24, 2.45) is 0 Å². The number of halogens is 1. The van der Waals surface area contributed by atoms with Crippen LogP contribution in [0.4, 0.5) is 4.39 Å². The fourth-order valence-corrected chi connectivity index (χ4v) is 2.83. The van der Waals surface area contributed by atoms with Gasteiger partial charge in [0.1, 0.15) is 12.4 Å². The van der Waals surface area contributed by atoms with Crippen molar-refractivity contribution in [2.45, 2.75) is 20.4 Å². The Balaban J connectivity index is 2.22. The summed E-state index contributed by atoms with van der Waals surface area (Å²) in [5, 5.41) is 4.82. The highest BCUT2D eigenvalue weighted by Crippen LogP contribution is 2.28. The molecular weight excluding hydrogens is 353 g/mol. The monoisotopic (exact) mass is 371 g/mol. The zero-order valence-corrected chi connectivity index (χ0v) is 15.2. The van der Waals surface area contributed by atoms with Crippen molar-refractivity contribution in [1.82, 2.24) is 14.8 Å². The predicted molar refractivity (Wildman–Crippen MR) is 95.6 cm³/mol. The minimum atomic E-state index is -0.551. The number of aryl methyl sites for hydroxylation is 1. The quantitative estimate of drug-likeness (QED) is 0.642. The molecule has 0 saturated carbocycles. The number of nitrogens with zero attached hydrogens (tertiary/aromatic N) is 3. The van der Waals surface area contributed by atoms with Crippen molar-refractivity contribution in [2.75, 3.05) is 13.7 Å². The normalized spacial score (nSPS) is 10.8. The number of benzene rings is 1. The lowest BCUT2D eigenvalue weighted by Gasteiger charge is -2.08. The van der Waals surface area contributed by atoms with Gasteiger partial charge in [0.25, 0.3) is 0 Å². The predicted octanol–water partition coefficient (Wildman–Crippen LogP) is 2.90. The summed E-state index contributed by atoms with van der Waals surface area (Å²) >= 11 is 0. The van der Waals surface area contributed by atoms with Crippen LogP contribution in [0.25, 0.3) is 22.3 Å². The van der Waals surface area contributed by atoms with E-state index in [0.29, 0.717) is 28.0 Å². The van der Waals surface area contributed by atoms with Crippen LogP contribution in [0.2, 0.25) is 0 Å². The number of fused-ring (bicyclic) bond motifs is 1. The second-order valence-corrected chi connectivity index (χ2v) is 5.80. The molecule has 0 aliphatic heterocycles. The summed E-state index contributed by atoms with van der Waals surface area (Å²) in [6.45, 7) is 3.54. The Labute approximate surface area is 154 Å². The molecule has 27 heavy (non-hydrogen) atoms. The first-order chi connectivity index (χ1) is 12.9. The molecule has 0 saturated heterocycles. The zero-order valence-electron chi connectivity index (χ0n) is 15.2. The molecule has 3 rings (SSSR count). The summed E-state index contributed by atoms with van der Waals surface area (Å²) in [5.74, 6) is -1.39. The van der Waals surface area contributed by atoms with Gasteiger partial charge in [0, 0.05) is 5.56 Å². The zero-order chi connectivity index (χ0) is 19.6. The first-order valence-corrected chi connectivity index (χ1v) is 8.32. The fraction of sp³-hybridized carbons (Fsp3) is 0.263. The molecule has 0 aliphatic rings. The molecule has 1 aromatic carbocycles. The van der Waals surface area contributed by atoms with Gasteiger partial charge in [-0.15, -0.1) is 0 Å². The first-order valence-electron chi connectivity index (χ1n) is 8.32. The summed E-state index contributed by atoms with van der Waals surface area (Å²) < 4.78 is 24.5. The number of esters is 2. The molecule has 8 heteroatoms. The van der Waals surface area contributed by atoms with Crippen molar-refractivity contribution in [1.29, 1.82) is 0 Å². The minimum Gasteiger partial charge on any atom is -0.465 e. The third-order valence-corrected chi connectivity index (χ3v) is 4.01. The highest BCUT2D eigenvalue weighted by molar-refractivity contribution is 6.05. The van der Waals surface area contributed by atoms with E-state index in [4.69, 9.17) is 9.47 Å². The van der Waals surface area contributed by atoms with Gasteiger partial charge in [-0.3, -0.25) is 4.79 Å². The largest absolute Gasteiger partial charge is 0.465 e. The number of aromatic nitrogens is 3. The third-order valence-electron chi connectivity index (χ3n) is 4.01. The average Bonchev–Trinajstić information content (AvgIpc) is 2.96. The molecule has 2 heterocycles. The van der Waals surface area contributed by atoms with E-state index in [0.717, 1.165) is 0 Å². The number of hydrogen-bond donors (Lipinski definition) is 0. The van der Waals surface area contributed by atoms with Crippen molar-refractivity contribution >= 4 is 23.0 Å². The highest BCUT2D eigenvalue weighted by atomic mass is 19.1. The van der Waals surface area contributed by atoms with Crippen LogP contribution in [0.3, 0.4) is 0 Å². The number of ether oxygens (including phenoxy) is 2. The lowest BCUT2D eigenvalue weighted by molar-refractivity contribution is -0.143. The average molecular weight is 371 g/mol. The standard InChI is InChI=1S/C19H18FN3O4/c1-4-27-16(24)10-23-18-17(11(2)22-23)14(19(25)26-3)9-15(21-18)12-5-7-13(20)8-6-12/h5-9H,4,10H2,1-3H3. The van der Waals surface area contributed by atoms with Gasteiger partial charge in [-0.05, 0) is 44.2 Å². The summed E-state index contributed by atoms with van der Waals surface area (Å²) in [6.07, 6.45) is 0. The van der Waals surface area contributed by atoms with Crippen molar-refractivity contribution < 1.29 is 23.5 Å². The Morgan fingerprint density at radius 2 is 1.93 bits per heavy atom. The number of rotatable bonds is 5. The number of pyridine rings is 1. The summed E-state index contributed by atoms with van der Waals surface area (Å²) in [6, 6.07) is 7.30. The van der Waals surface area contributed by atoms with Gasteiger partial charge in [0.15, 0.2) is 5.65 Å². The molecule has 7 nitrogen and oxygen atoms in total. The van der Waals surface area contributed by atoms with Crippen molar-refractivity contribution in [3.8, 4) is 11.3 Å². The van der Waals surface area contributed by atoms with Gasteiger partial charge in [-0.25, -0.2) is 18.9 Å². The molecule has 0 spiro atoms. The molecule has 0 aliphatic carbocycles. The van der Waals surface area contributed by atoms with Crippen LogP contribution in [0, 0.1) is 12.7 Å². The SMILES string of the molecule is CCOC(=O)Cn1nc(C)c2c(C(=O)OC)cc(-c3ccc(F)cc3)nc21. The van der Waals surface area contributed by atoms with E-state index in [-0.39, 0.29) is 24.5 Å². The maximum Gasteiger partial charge on any atom is 0.338 e. The lowest BCUT2D eigenvalue weighted by atomic mass is 10.1. The van der Waals surface area contributed by atoms with Crippen LogP contribution in [0.1, 0.15) is 23.0 Å². The molecular formula is C19H18FN3O4. The molecule has 0 fully saturated rings. The van der Waals surface area contributed by atoms with Crippen LogP contribution in [0.15, 0.2) is 30.3 Å². The Bertz CT molecular complexity index is 1010. The summed E-state index contributed by atoms with van der Waals surface area (Å²) in [5.41, 5.74) is 2.21. The second-order valence-electron chi connectivity index (χ2n) is 5.80. The Kier molecular flexibility index (Phi) is 5.16. The fourth-order valence-electron chi connectivity index (χ4n) is 2.83. The van der Waals surface area contributed by atoms with Crippen LogP contribution < -0.4 is 0 Å². The molecule has 0 atom stereocenters. The van der Waals surface area contributed by atoms with Gasteiger partial charge in [-0.2, -0.15) is 5.10 Å². The molecule has 140 valence electrons.